The van der Waals surface area contributed by atoms with E-state index in [1.165, 1.54) is 36.0 Å². The first-order valence-electron chi connectivity index (χ1n) is 7.31. The lowest BCUT2D eigenvalue weighted by atomic mass is 10.1. The summed E-state index contributed by atoms with van der Waals surface area (Å²) in [6.07, 6.45) is 0. The van der Waals surface area contributed by atoms with Crippen molar-refractivity contribution in [1.82, 2.24) is 9.84 Å². The maximum Gasteiger partial charge on any atom is 0.257 e. The van der Waals surface area contributed by atoms with Crippen LogP contribution in [0.1, 0.15) is 21.3 Å². The minimum atomic E-state index is -4.08. The Hall–Kier alpha value is -2.43. The van der Waals surface area contributed by atoms with Crippen molar-refractivity contribution in [3.05, 3.63) is 65.5 Å². The van der Waals surface area contributed by atoms with Gasteiger partial charge in [-0.3, -0.25) is 4.79 Å². The van der Waals surface area contributed by atoms with Crippen LogP contribution in [-0.2, 0) is 14.8 Å². The van der Waals surface area contributed by atoms with E-state index in [0.717, 1.165) is 29.3 Å². The molecular formula is C16H12FN2O5S2-. The second kappa shape index (κ2) is 7.06. The van der Waals surface area contributed by atoms with Crippen LogP contribution in [0.4, 0.5) is 4.39 Å². The average molecular weight is 395 g/mol. The van der Waals surface area contributed by atoms with Crippen molar-refractivity contribution in [3.63, 3.8) is 0 Å². The summed E-state index contributed by atoms with van der Waals surface area (Å²) >= 11 is 1.19. The Morgan fingerprint density at radius 2 is 1.77 bits per heavy atom. The molecule has 7 nitrogen and oxygen atoms in total. The molecule has 1 aliphatic heterocycles. The number of rotatable bonds is 5. The molecule has 0 saturated carbocycles. The van der Waals surface area contributed by atoms with Crippen LogP contribution in [0.2, 0.25) is 0 Å². The number of thioether (sulfide) groups is 1. The zero-order chi connectivity index (χ0) is 18.9. The molecule has 0 aromatic heterocycles. The molecule has 0 spiro atoms. The maximum absolute atomic E-state index is 13.0. The fourth-order valence-corrected chi connectivity index (χ4v) is 4.59. The molecule has 0 bridgehead atoms. The van der Waals surface area contributed by atoms with Gasteiger partial charge in [-0.2, -0.15) is 0 Å². The number of benzene rings is 2. The van der Waals surface area contributed by atoms with Gasteiger partial charge < -0.3 is 9.90 Å². The quantitative estimate of drug-likeness (QED) is 0.797. The number of nitrogens with one attached hydrogen (secondary N) is 1. The number of carbonyl (C=O) groups excluding carboxylic acids is 2. The summed E-state index contributed by atoms with van der Waals surface area (Å²) in [4.78, 5) is 25.0. The van der Waals surface area contributed by atoms with Crippen LogP contribution in [-0.4, -0.2) is 31.1 Å². The van der Waals surface area contributed by atoms with E-state index >= 15 is 0 Å². The third kappa shape index (κ3) is 3.71. The van der Waals surface area contributed by atoms with Gasteiger partial charge in [0.25, 0.3) is 10.0 Å². The molecule has 0 radical (unpaired) electrons. The highest BCUT2D eigenvalue weighted by Crippen LogP contribution is 2.37. The van der Waals surface area contributed by atoms with Crippen molar-refractivity contribution >= 4 is 33.7 Å². The van der Waals surface area contributed by atoms with Crippen molar-refractivity contribution in [2.45, 2.75) is 10.3 Å². The lowest BCUT2D eigenvalue weighted by Crippen LogP contribution is -2.44. The Labute approximate surface area is 152 Å². The van der Waals surface area contributed by atoms with Crippen LogP contribution in [0.5, 0.6) is 0 Å². The summed E-state index contributed by atoms with van der Waals surface area (Å²) in [5.41, 5.74) is 0.522. The van der Waals surface area contributed by atoms with Gasteiger partial charge in [-0.1, -0.05) is 24.3 Å². The first-order valence-corrected chi connectivity index (χ1v) is 9.84. The smallest absolute Gasteiger partial charge is 0.257 e. The van der Waals surface area contributed by atoms with Gasteiger partial charge in [0, 0.05) is 0 Å². The summed E-state index contributed by atoms with van der Waals surface area (Å²) < 4.78 is 37.9. The third-order valence-electron chi connectivity index (χ3n) is 3.64. The molecule has 1 saturated heterocycles. The predicted octanol–water partition coefficient (Wildman–Crippen LogP) is 0.657. The molecule has 10 heteroatoms. The fourth-order valence-electron chi connectivity index (χ4n) is 2.35. The number of aromatic carboxylic acids is 1. The van der Waals surface area contributed by atoms with Crippen molar-refractivity contribution in [2.75, 3.05) is 5.75 Å². The zero-order valence-electron chi connectivity index (χ0n) is 13.1. The van der Waals surface area contributed by atoms with Crippen LogP contribution in [0.15, 0.2) is 53.4 Å². The minimum Gasteiger partial charge on any atom is -0.545 e. The van der Waals surface area contributed by atoms with E-state index in [1.807, 2.05) is 0 Å². The van der Waals surface area contributed by atoms with Crippen molar-refractivity contribution in [2.24, 2.45) is 0 Å². The minimum absolute atomic E-state index is 0.0264. The Kier molecular flexibility index (Phi) is 4.99. The van der Waals surface area contributed by atoms with Gasteiger partial charge in [-0.25, -0.2) is 17.8 Å². The van der Waals surface area contributed by atoms with E-state index in [0.29, 0.717) is 5.56 Å². The van der Waals surface area contributed by atoms with Gasteiger partial charge in [0.15, 0.2) is 0 Å². The topological polar surface area (TPSA) is 107 Å². The van der Waals surface area contributed by atoms with Crippen LogP contribution in [0, 0.1) is 5.82 Å². The number of carboxylic acid groups (broad SMARTS) is 1. The van der Waals surface area contributed by atoms with E-state index in [-0.39, 0.29) is 16.2 Å². The Morgan fingerprint density at radius 1 is 1.15 bits per heavy atom. The molecule has 2 aromatic carbocycles. The second-order valence-electron chi connectivity index (χ2n) is 5.39. The molecule has 0 aliphatic carbocycles. The number of amides is 1. The summed E-state index contributed by atoms with van der Waals surface area (Å²) in [7, 11) is -4.08. The number of sulfonamides is 1. The highest BCUT2D eigenvalue weighted by Gasteiger charge is 2.36. The molecule has 1 fully saturated rings. The molecule has 2 aromatic rings. The monoisotopic (exact) mass is 395 g/mol. The molecular weight excluding hydrogens is 383 g/mol. The van der Waals surface area contributed by atoms with Gasteiger partial charge in [0.2, 0.25) is 5.91 Å². The number of nitrogens with zero attached hydrogens (tertiary/aromatic N) is 1. The van der Waals surface area contributed by atoms with Gasteiger partial charge in [0.1, 0.15) is 11.2 Å². The van der Waals surface area contributed by atoms with E-state index in [9.17, 15) is 27.5 Å². The lowest BCUT2D eigenvalue weighted by Gasteiger charge is -2.24. The van der Waals surface area contributed by atoms with Crippen LogP contribution < -0.4 is 9.94 Å². The molecule has 1 amide bonds. The summed E-state index contributed by atoms with van der Waals surface area (Å²) in [5.74, 6) is -2.31. The Bertz CT molecular complexity index is 946. The molecule has 1 N–H and O–H groups in total. The zero-order valence-corrected chi connectivity index (χ0v) is 14.7. The van der Waals surface area contributed by atoms with Gasteiger partial charge in [-0.15, -0.1) is 16.6 Å². The number of hydrogen-bond acceptors (Lipinski definition) is 6. The molecule has 1 heterocycles. The first kappa shape index (κ1) is 18.4. The Morgan fingerprint density at radius 3 is 2.35 bits per heavy atom. The number of hydrogen-bond donors (Lipinski definition) is 1. The number of halogens is 1. The maximum atomic E-state index is 13.0. The lowest BCUT2D eigenvalue weighted by molar-refractivity contribution is -0.255. The second-order valence-corrected chi connectivity index (χ2v) is 8.11. The highest BCUT2D eigenvalue weighted by atomic mass is 32.2. The standard InChI is InChI=1S/C16H13FN2O5S2/c17-12-5-7-13(8-6-12)26(23,24)18-19-14(20)9-25-15(19)10-1-3-11(4-2-10)16(21)22/h1-8,15,18H,9H2,(H,21,22)/p-1/t15-/m0/s1. The summed E-state index contributed by atoms with van der Waals surface area (Å²) in [6, 6.07) is 9.81. The van der Waals surface area contributed by atoms with Crippen LogP contribution in [0.25, 0.3) is 0 Å². The van der Waals surface area contributed by atoms with Crippen LogP contribution in [0.3, 0.4) is 0 Å². The van der Waals surface area contributed by atoms with Gasteiger partial charge in [0.05, 0.1) is 16.6 Å². The number of carboxylic acids is 1. The fraction of sp³-hybridized carbons (Fsp3) is 0.125. The third-order valence-corrected chi connectivity index (χ3v) is 6.18. The van der Waals surface area contributed by atoms with E-state index in [1.54, 1.807) is 0 Å². The van der Waals surface area contributed by atoms with E-state index in [4.69, 9.17) is 0 Å². The van der Waals surface area contributed by atoms with Gasteiger partial charge >= 0.3 is 0 Å². The number of carbonyl (C=O) groups is 2. The molecule has 0 unspecified atom stereocenters. The van der Waals surface area contributed by atoms with Crippen molar-refractivity contribution in [3.8, 4) is 0 Å². The molecule has 3 rings (SSSR count). The van der Waals surface area contributed by atoms with Crippen molar-refractivity contribution < 1.29 is 27.5 Å². The normalized spacial score (nSPS) is 17.5. The highest BCUT2D eigenvalue weighted by molar-refractivity contribution is 8.00. The summed E-state index contributed by atoms with van der Waals surface area (Å²) in [6.45, 7) is 0. The van der Waals surface area contributed by atoms with Crippen molar-refractivity contribution in [1.29, 1.82) is 0 Å². The summed E-state index contributed by atoms with van der Waals surface area (Å²) in [5, 5.41) is 11.1. The number of hydrazine groups is 1. The molecule has 26 heavy (non-hydrogen) atoms. The SMILES string of the molecule is O=C([O-])c1ccc([C@@H]2SCC(=O)N2NS(=O)(=O)c2ccc(F)cc2)cc1. The average Bonchev–Trinajstić information content (AvgIpc) is 2.95. The molecule has 136 valence electrons. The largest absolute Gasteiger partial charge is 0.545 e. The first-order chi connectivity index (χ1) is 12.3. The Balaban J connectivity index is 1.86. The predicted molar refractivity (Wildman–Crippen MR) is 89.5 cm³/mol. The van der Waals surface area contributed by atoms with E-state index < -0.39 is 33.1 Å². The molecule has 1 aliphatic rings. The van der Waals surface area contributed by atoms with Gasteiger partial charge in [-0.05, 0) is 35.4 Å². The van der Waals surface area contributed by atoms with Crippen LogP contribution >= 0.6 is 11.8 Å². The molecule has 1 atom stereocenters. The van der Waals surface area contributed by atoms with E-state index in [2.05, 4.69) is 4.83 Å².